The minimum Gasteiger partial charge on any atom is -0.491 e. The lowest BCUT2D eigenvalue weighted by molar-refractivity contribution is -0.141. The summed E-state index contributed by atoms with van der Waals surface area (Å²) >= 11 is 0. The number of nitrogens with zero attached hydrogens (tertiary/aromatic N) is 4. The predicted octanol–water partition coefficient (Wildman–Crippen LogP) is 3.43. The van der Waals surface area contributed by atoms with Gasteiger partial charge in [-0.05, 0) is 38.1 Å². The SMILES string of the molecule is CC(C)Oc1ccc2c(NC(=O)c3cccnn3)nn(CC(F)(F)F)c2c1. The lowest BCUT2D eigenvalue weighted by atomic mass is 10.2. The first-order chi connectivity index (χ1) is 12.7. The molecule has 3 aromatic rings. The number of alkyl halides is 3. The minimum atomic E-state index is -4.47. The molecule has 0 aliphatic heterocycles. The number of ether oxygens (including phenoxy) is 1. The van der Waals surface area contributed by atoms with Crippen LogP contribution in [0.5, 0.6) is 5.75 Å². The maximum absolute atomic E-state index is 12.9. The van der Waals surface area contributed by atoms with Crippen LogP contribution >= 0.6 is 0 Å². The van der Waals surface area contributed by atoms with Crippen LogP contribution < -0.4 is 10.1 Å². The molecule has 0 aliphatic carbocycles. The number of anilines is 1. The van der Waals surface area contributed by atoms with Crippen molar-refractivity contribution in [2.45, 2.75) is 32.7 Å². The molecular formula is C17H16F3N5O2. The number of halogens is 3. The average Bonchev–Trinajstić information content (AvgIpc) is 2.90. The van der Waals surface area contributed by atoms with Gasteiger partial charge in [-0.25, -0.2) is 0 Å². The Morgan fingerprint density at radius 3 is 2.70 bits per heavy atom. The molecule has 0 spiro atoms. The van der Waals surface area contributed by atoms with Crippen molar-refractivity contribution in [1.29, 1.82) is 0 Å². The third kappa shape index (κ3) is 4.52. The molecule has 0 fully saturated rings. The van der Waals surface area contributed by atoms with E-state index in [0.717, 1.165) is 4.68 Å². The maximum atomic E-state index is 12.9. The zero-order chi connectivity index (χ0) is 19.6. The van der Waals surface area contributed by atoms with E-state index in [0.29, 0.717) is 11.1 Å². The largest absolute Gasteiger partial charge is 0.491 e. The van der Waals surface area contributed by atoms with Crippen molar-refractivity contribution in [2.75, 3.05) is 5.32 Å². The van der Waals surface area contributed by atoms with Crippen molar-refractivity contribution in [1.82, 2.24) is 20.0 Å². The van der Waals surface area contributed by atoms with E-state index in [2.05, 4.69) is 20.6 Å². The fourth-order valence-electron chi connectivity index (χ4n) is 2.48. The molecule has 142 valence electrons. The fraction of sp³-hybridized carbons (Fsp3) is 0.294. The second kappa shape index (κ2) is 7.22. The molecule has 0 saturated carbocycles. The number of amides is 1. The number of carbonyl (C=O) groups excluding carboxylic acids is 1. The van der Waals surface area contributed by atoms with Crippen LogP contribution in [0.25, 0.3) is 10.9 Å². The smallest absolute Gasteiger partial charge is 0.408 e. The van der Waals surface area contributed by atoms with E-state index in [1.807, 2.05) is 13.8 Å². The second-order valence-corrected chi connectivity index (χ2v) is 6.03. The molecular weight excluding hydrogens is 363 g/mol. The number of hydrogen-bond donors (Lipinski definition) is 1. The Morgan fingerprint density at radius 2 is 2.07 bits per heavy atom. The molecule has 1 N–H and O–H groups in total. The monoisotopic (exact) mass is 379 g/mol. The van der Waals surface area contributed by atoms with Gasteiger partial charge in [0.05, 0.1) is 11.6 Å². The van der Waals surface area contributed by atoms with Crippen LogP contribution in [0, 0.1) is 0 Å². The first-order valence-corrected chi connectivity index (χ1v) is 8.06. The Kier molecular flexibility index (Phi) is 4.98. The van der Waals surface area contributed by atoms with Crippen molar-refractivity contribution in [3.63, 3.8) is 0 Å². The molecule has 1 aromatic carbocycles. The highest BCUT2D eigenvalue weighted by atomic mass is 19.4. The number of aromatic nitrogens is 4. The Bertz CT molecular complexity index is 954. The first-order valence-electron chi connectivity index (χ1n) is 8.06. The van der Waals surface area contributed by atoms with Gasteiger partial charge in [-0.3, -0.25) is 9.48 Å². The van der Waals surface area contributed by atoms with Gasteiger partial charge in [0.2, 0.25) is 0 Å². The van der Waals surface area contributed by atoms with Crippen LogP contribution in [0.2, 0.25) is 0 Å². The number of fused-ring (bicyclic) bond motifs is 1. The summed E-state index contributed by atoms with van der Waals surface area (Å²) in [6.07, 6.45) is -3.21. The summed E-state index contributed by atoms with van der Waals surface area (Å²) < 4.78 is 45.1. The highest BCUT2D eigenvalue weighted by molar-refractivity contribution is 6.06. The Balaban J connectivity index is 2.00. The molecule has 3 rings (SSSR count). The van der Waals surface area contributed by atoms with Crippen LogP contribution in [0.3, 0.4) is 0 Å². The van der Waals surface area contributed by atoms with E-state index >= 15 is 0 Å². The van der Waals surface area contributed by atoms with Crippen LogP contribution in [-0.2, 0) is 6.54 Å². The molecule has 0 atom stereocenters. The van der Waals surface area contributed by atoms with Gasteiger partial charge in [-0.1, -0.05) is 0 Å². The van der Waals surface area contributed by atoms with Crippen LogP contribution in [0.15, 0.2) is 36.5 Å². The van der Waals surface area contributed by atoms with Crippen molar-refractivity contribution >= 4 is 22.6 Å². The van der Waals surface area contributed by atoms with Gasteiger partial charge in [-0.15, -0.1) is 5.10 Å². The second-order valence-electron chi connectivity index (χ2n) is 6.03. The normalized spacial score (nSPS) is 11.8. The molecule has 10 heteroatoms. The predicted molar refractivity (Wildman–Crippen MR) is 91.5 cm³/mol. The van der Waals surface area contributed by atoms with Crippen LogP contribution in [0.4, 0.5) is 19.0 Å². The summed E-state index contributed by atoms with van der Waals surface area (Å²) in [5.41, 5.74) is 0.218. The molecule has 7 nitrogen and oxygen atoms in total. The lowest BCUT2D eigenvalue weighted by Crippen LogP contribution is -2.19. The summed E-state index contributed by atoms with van der Waals surface area (Å²) in [5.74, 6) is -0.210. The highest BCUT2D eigenvalue weighted by Gasteiger charge is 2.30. The number of hydrogen-bond acceptors (Lipinski definition) is 5. The van der Waals surface area contributed by atoms with E-state index in [4.69, 9.17) is 4.74 Å². The lowest BCUT2D eigenvalue weighted by Gasteiger charge is -2.11. The molecule has 0 bridgehead atoms. The summed E-state index contributed by atoms with van der Waals surface area (Å²) in [5, 5.41) is 14.0. The number of benzene rings is 1. The van der Waals surface area contributed by atoms with Crippen molar-refractivity contribution in [3.8, 4) is 5.75 Å². The molecule has 0 saturated heterocycles. The van der Waals surface area contributed by atoms with Gasteiger partial charge in [0.15, 0.2) is 11.5 Å². The van der Waals surface area contributed by atoms with Crippen molar-refractivity contribution in [2.24, 2.45) is 0 Å². The van der Waals surface area contributed by atoms with Crippen LogP contribution in [0.1, 0.15) is 24.3 Å². The quantitative estimate of drug-likeness (QED) is 0.735. The fourth-order valence-corrected chi connectivity index (χ4v) is 2.48. The van der Waals surface area contributed by atoms with E-state index in [1.165, 1.54) is 24.4 Å². The summed E-state index contributed by atoms with van der Waals surface area (Å²) in [6.45, 7) is 2.32. The Morgan fingerprint density at radius 1 is 1.30 bits per heavy atom. The summed E-state index contributed by atoms with van der Waals surface area (Å²) in [4.78, 5) is 12.3. The van der Waals surface area contributed by atoms with Gasteiger partial charge in [0, 0.05) is 17.6 Å². The zero-order valence-corrected chi connectivity index (χ0v) is 14.5. The standard InChI is InChI=1S/C17H16F3N5O2/c1-10(2)27-11-5-6-12-14(8-11)25(9-17(18,19)20)24-15(12)22-16(26)13-4-3-7-21-23-13/h3-8,10H,9H2,1-2H3,(H,22,24,26). The number of rotatable bonds is 5. The van der Waals surface area contributed by atoms with Gasteiger partial charge in [0.25, 0.3) is 5.91 Å². The summed E-state index contributed by atoms with van der Waals surface area (Å²) in [7, 11) is 0. The Labute approximate surface area is 152 Å². The van der Waals surface area contributed by atoms with Gasteiger partial charge < -0.3 is 10.1 Å². The van der Waals surface area contributed by atoms with E-state index in [1.54, 1.807) is 12.1 Å². The van der Waals surface area contributed by atoms with Gasteiger partial charge in [-0.2, -0.15) is 23.4 Å². The molecule has 27 heavy (non-hydrogen) atoms. The van der Waals surface area contributed by atoms with Gasteiger partial charge in [0.1, 0.15) is 12.3 Å². The van der Waals surface area contributed by atoms with Crippen molar-refractivity contribution in [3.05, 3.63) is 42.2 Å². The zero-order valence-electron chi connectivity index (χ0n) is 14.5. The minimum absolute atomic E-state index is 0.000926. The number of nitrogens with one attached hydrogen (secondary N) is 1. The summed E-state index contributed by atoms with van der Waals surface area (Å²) in [6, 6.07) is 7.59. The number of carbonyl (C=O) groups is 1. The molecule has 2 aromatic heterocycles. The molecule has 1 amide bonds. The van der Waals surface area contributed by atoms with E-state index in [9.17, 15) is 18.0 Å². The van der Waals surface area contributed by atoms with E-state index in [-0.39, 0.29) is 23.1 Å². The highest BCUT2D eigenvalue weighted by Crippen LogP contribution is 2.30. The first kappa shape index (κ1) is 18.6. The van der Waals surface area contributed by atoms with Crippen LogP contribution in [-0.4, -0.2) is 38.2 Å². The van der Waals surface area contributed by atoms with Crippen molar-refractivity contribution < 1.29 is 22.7 Å². The topological polar surface area (TPSA) is 81.9 Å². The third-order valence-electron chi connectivity index (χ3n) is 3.46. The third-order valence-corrected chi connectivity index (χ3v) is 3.46. The maximum Gasteiger partial charge on any atom is 0.408 e. The average molecular weight is 379 g/mol. The van der Waals surface area contributed by atoms with E-state index < -0.39 is 18.6 Å². The Hall–Kier alpha value is -3.17. The van der Waals surface area contributed by atoms with Gasteiger partial charge >= 0.3 is 6.18 Å². The molecule has 0 radical (unpaired) electrons. The molecule has 2 heterocycles. The molecule has 0 unspecified atom stereocenters. The molecule has 0 aliphatic rings.